The van der Waals surface area contributed by atoms with Crippen molar-refractivity contribution in [3.8, 4) is 0 Å². The van der Waals surface area contributed by atoms with Gasteiger partial charge in [-0.2, -0.15) is 0 Å². The van der Waals surface area contributed by atoms with Crippen LogP contribution in [0.1, 0.15) is 19.4 Å². The number of hydrogen-bond donors (Lipinski definition) is 0. The summed E-state index contributed by atoms with van der Waals surface area (Å²) in [6, 6.07) is 13.2. The zero-order chi connectivity index (χ0) is 11.3. The van der Waals surface area contributed by atoms with Gasteiger partial charge in [-0.15, -0.1) is 0 Å². The Bertz CT molecular complexity index is 581. The molecule has 80 valence electrons. The normalized spacial score (nSPS) is 14.2. The SMILES string of the molecule is CC(C)N1C(=S)c2cccc3cccc1c23. The molecule has 0 N–H and O–H groups in total. The number of rotatable bonds is 1. The third kappa shape index (κ3) is 1.14. The Morgan fingerprint density at radius 3 is 2.44 bits per heavy atom. The summed E-state index contributed by atoms with van der Waals surface area (Å²) in [6.45, 7) is 4.36. The van der Waals surface area contributed by atoms with Crippen molar-refractivity contribution in [3.05, 3.63) is 42.0 Å². The van der Waals surface area contributed by atoms with E-state index in [4.69, 9.17) is 12.2 Å². The molecule has 0 aromatic heterocycles. The first-order chi connectivity index (χ1) is 7.70. The van der Waals surface area contributed by atoms with Crippen molar-refractivity contribution in [2.75, 3.05) is 4.90 Å². The van der Waals surface area contributed by atoms with Crippen molar-refractivity contribution in [2.24, 2.45) is 0 Å². The van der Waals surface area contributed by atoms with Gasteiger partial charge in [0, 0.05) is 17.0 Å². The molecule has 0 aliphatic carbocycles. The Labute approximate surface area is 101 Å². The molecule has 0 radical (unpaired) electrons. The molecule has 2 aromatic rings. The summed E-state index contributed by atoms with van der Waals surface area (Å²) in [5.41, 5.74) is 2.46. The number of anilines is 1. The van der Waals surface area contributed by atoms with E-state index in [1.807, 2.05) is 0 Å². The first-order valence-corrected chi connectivity index (χ1v) is 5.96. The largest absolute Gasteiger partial charge is 0.329 e. The molecule has 1 nitrogen and oxygen atoms in total. The Kier molecular flexibility index (Phi) is 2.01. The highest BCUT2D eigenvalue weighted by molar-refractivity contribution is 7.81. The van der Waals surface area contributed by atoms with Gasteiger partial charge < -0.3 is 4.90 Å². The minimum absolute atomic E-state index is 0.408. The smallest absolute Gasteiger partial charge is 0.114 e. The van der Waals surface area contributed by atoms with Gasteiger partial charge >= 0.3 is 0 Å². The van der Waals surface area contributed by atoms with Crippen molar-refractivity contribution >= 4 is 33.7 Å². The highest BCUT2D eigenvalue weighted by Gasteiger charge is 2.27. The minimum atomic E-state index is 0.408. The quantitative estimate of drug-likeness (QED) is 0.683. The molecule has 1 aliphatic heterocycles. The highest BCUT2D eigenvalue weighted by atomic mass is 32.1. The molecular formula is C14H13NS. The van der Waals surface area contributed by atoms with Crippen LogP contribution >= 0.6 is 12.2 Å². The van der Waals surface area contributed by atoms with Gasteiger partial charge in [0.05, 0.1) is 5.69 Å². The van der Waals surface area contributed by atoms with Crippen molar-refractivity contribution in [3.63, 3.8) is 0 Å². The molecule has 0 saturated carbocycles. The van der Waals surface area contributed by atoms with Gasteiger partial charge in [-0.05, 0) is 25.3 Å². The molecule has 0 atom stereocenters. The molecule has 0 bridgehead atoms. The Morgan fingerprint density at radius 2 is 1.75 bits per heavy atom. The molecule has 0 amide bonds. The maximum atomic E-state index is 5.56. The van der Waals surface area contributed by atoms with E-state index < -0.39 is 0 Å². The molecule has 3 rings (SSSR count). The van der Waals surface area contributed by atoms with Crippen LogP contribution in [0.4, 0.5) is 5.69 Å². The van der Waals surface area contributed by atoms with E-state index in [0.29, 0.717) is 6.04 Å². The fourth-order valence-electron chi connectivity index (χ4n) is 2.45. The minimum Gasteiger partial charge on any atom is -0.329 e. The van der Waals surface area contributed by atoms with E-state index in [9.17, 15) is 0 Å². The average Bonchev–Trinajstić information content (AvgIpc) is 2.55. The molecule has 0 unspecified atom stereocenters. The van der Waals surface area contributed by atoms with Crippen LogP contribution in [0.3, 0.4) is 0 Å². The number of benzene rings is 2. The van der Waals surface area contributed by atoms with Gasteiger partial charge in [0.1, 0.15) is 4.99 Å². The van der Waals surface area contributed by atoms with E-state index in [1.165, 1.54) is 22.0 Å². The first-order valence-electron chi connectivity index (χ1n) is 5.55. The fourth-order valence-corrected chi connectivity index (χ4v) is 2.93. The number of hydrogen-bond acceptors (Lipinski definition) is 1. The lowest BCUT2D eigenvalue weighted by molar-refractivity contribution is 0.820. The van der Waals surface area contributed by atoms with E-state index in [0.717, 1.165) is 4.99 Å². The van der Waals surface area contributed by atoms with Crippen LogP contribution in [-0.2, 0) is 0 Å². The second kappa shape index (κ2) is 3.29. The molecular weight excluding hydrogens is 214 g/mol. The highest BCUT2D eigenvalue weighted by Crippen LogP contribution is 2.38. The lowest BCUT2D eigenvalue weighted by Crippen LogP contribution is -2.32. The topological polar surface area (TPSA) is 3.24 Å². The first kappa shape index (κ1) is 9.79. The summed E-state index contributed by atoms with van der Waals surface area (Å²) < 4.78 is 0. The van der Waals surface area contributed by atoms with Crippen LogP contribution < -0.4 is 4.90 Å². The molecule has 2 aromatic carbocycles. The lowest BCUT2D eigenvalue weighted by atomic mass is 10.1. The van der Waals surface area contributed by atoms with Crippen LogP contribution in [0.2, 0.25) is 0 Å². The van der Waals surface area contributed by atoms with Crippen molar-refractivity contribution in [1.29, 1.82) is 0 Å². The van der Waals surface area contributed by atoms with Crippen LogP contribution in [0, 0.1) is 0 Å². The van der Waals surface area contributed by atoms with Gasteiger partial charge in [-0.1, -0.05) is 42.5 Å². The molecule has 0 fully saturated rings. The summed E-state index contributed by atoms with van der Waals surface area (Å²) in [6.07, 6.45) is 0. The Morgan fingerprint density at radius 1 is 1.06 bits per heavy atom. The van der Waals surface area contributed by atoms with Crippen molar-refractivity contribution < 1.29 is 0 Å². The second-order valence-corrected chi connectivity index (χ2v) is 4.84. The molecule has 0 spiro atoms. The lowest BCUT2D eigenvalue weighted by Gasteiger charge is -2.24. The maximum absolute atomic E-state index is 5.56. The van der Waals surface area contributed by atoms with Gasteiger partial charge in [0.2, 0.25) is 0 Å². The van der Waals surface area contributed by atoms with Crippen molar-refractivity contribution in [1.82, 2.24) is 0 Å². The van der Waals surface area contributed by atoms with Gasteiger partial charge in [0.15, 0.2) is 0 Å². The molecule has 1 heterocycles. The van der Waals surface area contributed by atoms with E-state index in [-0.39, 0.29) is 0 Å². The van der Waals surface area contributed by atoms with Crippen LogP contribution in [0.15, 0.2) is 36.4 Å². The maximum Gasteiger partial charge on any atom is 0.114 e. The Balaban J connectivity index is 2.40. The van der Waals surface area contributed by atoms with E-state index in [2.05, 4.69) is 55.1 Å². The van der Waals surface area contributed by atoms with E-state index >= 15 is 0 Å². The van der Waals surface area contributed by atoms with Crippen molar-refractivity contribution in [2.45, 2.75) is 19.9 Å². The van der Waals surface area contributed by atoms with Gasteiger partial charge in [-0.3, -0.25) is 0 Å². The van der Waals surface area contributed by atoms with Gasteiger partial charge in [0.25, 0.3) is 0 Å². The monoisotopic (exact) mass is 227 g/mol. The fraction of sp³-hybridized carbons (Fsp3) is 0.214. The van der Waals surface area contributed by atoms with Crippen LogP contribution in [-0.4, -0.2) is 11.0 Å². The molecule has 1 aliphatic rings. The number of nitrogens with zero attached hydrogens (tertiary/aromatic N) is 1. The third-order valence-corrected chi connectivity index (χ3v) is 3.52. The van der Waals surface area contributed by atoms with Crippen LogP contribution in [0.25, 0.3) is 10.8 Å². The standard InChI is InChI=1S/C14H13NS/c1-9(2)15-12-8-4-6-10-5-3-7-11(13(10)12)14(15)16/h3-9H,1-2H3. The summed E-state index contributed by atoms with van der Waals surface area (Å²) in [5.74, 6) is 0. The Hall–Kier alpha value is -1.41. The zero-order valence-electron chi connectivity index (χ0n) is 9.40. The average molecular weight is 227 g/mol. The second-order valence-electron chi connectivity index (χ2n) is 4.45. The van der Waals surface area contributed by atoms with Gasteiger partial charge in [-0.25, -0.2) is 0 Å². The molecule has 16 heavy (non-hydrogen) atoms. The predicted molar refractivity (Wildman–Crippen MR) is 73.3 cm³/mol. The van der Waals surface area contributed by atoms with Crippen LogP contribution in [0.5, 0.6) is 0 Å². The summed E-state index contributed by atoms with van der Waals surface area (Å²) in [4.78, 5) is 3.20. The summed E-state index contributed by atoms with van der Waals surface area (Å²) in [7, 11) is 0. The molecule has 0 saturated heterocycles. The summed E-state index contributed by atoms with van der Waals surface area (Å²) >= 11 is 5.56. The summed E-state index contributed by atoms with van der Waals surface area (Å²) in [5, 5.41) is 2.59. The predicted octanol–water partition coefficient (Wildman–Crippen LogP) is 3.74. The third-order valence-electron chi connectivity index (χ3n) is 3.11. The van der Waals surface area contributed by atoms with E-state index in [1.54, 1.807) is 0 Å². The molecule has 2 heteroatoms. The number of thiocarbonyl (C=S) groups is 1. The zero-order valence-corrected chi connectivity index (χ0v) is 10.2.